The Morgan fingerprint density at radius 2 is 1.92 bits per heavy atom. The fourth-order valence-electron chi connectivity index (χ4n) is 2.68. The molecule has 0 saturated heterocycles. The molecule has 1 atom stereocenters. The van der Waals surface area contributed by atoms with Gasteiger partial charge >= 0.3 is 12.1 Å². The van der Waals surface area contributed by atoms with Crippen LogP contribution in [0.4, 0.5) is 9.18 Å². The van der Waals surface area contributed by atoms with Crippen molar-refractivity contribution in [3.05, 3.63) is 35.1 Å². The lowest BCUT2D eigenvalue weighted by Crippen LogP contribution is -2.55. The quantitative estimate of drug-likeness (QED) is 0.616. The van der Waals surface area contributed by atoms with Crippen molar-refractivity contribution in [2.45, 2.75) is 31.1 Å². The van der Waals surface area contributed by atoms with E-state index >= 15 is 0 Å². The molecule has 1 unspecified atom stereocenters. The fourth-order valence-corrected chi connectivity index (χ4v) is 4.45. The van der Waals surface area contributed by atoms with E-state index in [1.807, 2.05) is 0 Å². The van der Waals surface area contributed by atoms with Crippen molar-refractivity contribution in [3.8, 4) is 0 Å². The minimum absolute atomic E-state index is 0.0850. The second-order valence-electron chi connectivity index (χ2n) is 6.67. The molecule has 4 N–H and O–H groups in total. The first-order valence-corrected chi connectivity index (χ1v) is 9.30. The number of hydrogen-bond donors (Lipinski definition) is 4. The smallest absolute Gasteiger partial charge is 0.412 e. The van der Waals surface area contributed by atoms with E-state index in [0.29, 0.717) is 0 Å². The number of carboxylic acids is 1. The number of carbonyl (C=O) groups excluding carboxylic acids is 1. The Kier molecular flexibility index (Phi) is 5.06. The van der Waals surface area contributed by atoms with E-state index < -0.39 is 38.8 Å². The van der Waals surface area contributed by atoms with E-state index in [0.717, 1.165) is 25.3 Å². The molecule has 0 aliphatic carbocycles. The second kappa shape index (κ2) is 6.53. The molecule has 0 aromatic heterocycles. The predicted octanol–water partition coefficient (Wildman–Crippen LogP) is 3.04. The highest BCUT2D eigenvalue weighted by Crippen LogP contribution is 2.59. The number of amidine groups is 1. The molecule has 1 aromatic rings. The number of ether oxygens (including phenoxy) is 1. The summed E-state index contributed by atoms with van der Waals surface area (Å²) in [5.74, 6) is -2.42. The monoisotopic (exact) mass is 388 g/mol. The van der Waals surface area contributed by atoms with Crippen LogP contribution in [-0.4, -0.2) is 49.7 Å². The van der Waals surface area contributed by atoms with Crippen molar-refractivity contribution < 1.29 is 32.9 Å². The molecule has 144 valence electrons. The van der Waals surface area contributed by atoms with Gasteiger partial charge in [0.1, 0.15) is 21.9 Å². The molecule has 26 heavy (non-hydrogen) atoms. The Balaban J connectivity index is 2.67. The zero-order valence-electron chi connectivity index (χ0n) is 14.7. The third-order valence-corrected chi connectivity index (χ3v) is 7.22. The molecule has 0 fully saturated rings. The Labute approximate surface area is 151 Å². The minimum atomic E-state index is -3.38. The first kappa shape index (κ1) is 20.1. The maximum absolute atomic E-state index is 14.4. The lowest BCUT2D eigenvalue weighted by molar-refractivity contribution is 0.0696. The molecular weight excluding hydrogens is 367 g/mol. The van der Waals surface area contributed by atoms with Crippen LogP contribution in [0.25, 0.3) is 0 Å². The summed E-state index contributed by atoms with van der Waals surface area (Å²) in [5, 5.41) is 11.5. The van der Waals surface area contributed by atoms with E-state index in [9.17, 15) is 23.1 Å². The third-order valence-electron chi connectivity index (χ3n) is 4.43. The lowest BCUT2D eigenvalue weighted by atomic mass is 9.91. The van der Waals surface area contributed by atoms with E-state index in [1.54, 1.807) is 0 Å². The van der Waals surface area contributed by atoms with E-state index in [4.69, 9.17) is 5.11 Å². The van der Waals surface area contributed by atoms with Gasteiger partial charge in [0, 0.05) is 5.56 Å². The van der Waals surface area contributed by atoms with Gasteiger partial charge in [-0.2, -0.15) is 10.6 Å². The van der Waals surface area contributed by atoms with Crippen molar-refractivity contribution in [2.24, 2.45) is 4.99 Å². The molecule has 1 aliphatic heterocycles. The van der Waals surface area contributed by atoms with Crippen LogP contribution in [0.3, 0.4) is 0 Å². The van der Waals surface area contributed by atoms with Gasteiger partial charge in [-0.05, 0) is 39.0 Å². The highest BCUT2D eigenvalue weighted by atomic mass is 32.3. The normalized spacial score (nSPS) is 25.0. The van der Waals surface area contributed by atoms with Gasteiger partial charge in [0.2, 0.25) is 0 Å². The zero-order valence-corrected chi connectivity index (χ0v) is 15.6. The van der Waals surface area contributed by atoms with Gasteiger partial charge in [-0.25, -0.2) is 14.0 Å². The number of nitrogens with one attached hydrogen (secondary N) is 1. The second-order valence-corrected chi connectivity index (χ2v) is 9.31. The van der Waals surface area contributed by atoms with Crippen molar-refractivity contribution in [3.63, 3.8) is 0 Å². The summed E-state index contributed by atoms with van der Waals surface area (Å²) >= 11 is 0. The molecule has 1 amide bonds. The highest BCUT2D eigenvalue weighted by molar-refractivity contribution is 8.26. The minimum Gasteiger partial charge on any atom is -0.478 e. The number of methoxy groups -OCH3 is 1. The SMILES string of the molecule is COC(=O)NC1=NC(C)(c2cc(C(=O)O)ccc2F)CS(O)(O)C1(C)C. The maximum atomic E-state index is 14.4. The van der Waals surface area contributed by atoms with Crippen LogP contribution in [0.5, 0.6) is 0 Å². The number of alkyl carbamates (subject to hydrolysis) is 1. The molecule has 10 heteroatoms. The molecule has 1 aromatic carbocycles. The van der Waals surface area contributed by atoms with E-state index in [2.05, 4.69) is 15.0 Å². The Morgan fingerprint density at radius 3 is 2.46 bits per heavy atom. The first-order chi connectivity index (χ1) is 11.8. The number of aromatic carboxylic acids is 1. The van der Waals surface area contributed by atoms with Crippen molar-refractivity contribution in [1.29, 1.82) is 0 Å². The van der Waals surface area contributed by atoms with Gasteiger partial charge in [0.25, 0.3) is 0 Å². The number of amides is 1. The number of halogens is 1. The highest BCUT2D eigenvalue weighted by Gasteiger charge is 2.50. The molecule has 1 heterocycles. The Bertz CT molecular complexity index is 795. The third kappa shape index (κ3) is 3.39. The van der Waals surface area contributed by atoms with Crippen LogP contribution >= 0.6 is 10.6 Å². The Hall–Kier alpha value is -2.17. The summed E-state index contributed by atoms with van der Waals surface area (Å²) < 4.78 is 38.9. The lowest BCUT2D eigenvalue weighted by Gasteiger charge is -2.53. The van der Waals surface area contributed by atoms with Crippen LogP contribution in [0.2, 0.25) is 0 Å². The van der Waals surface area contributed by atoms with Crippen LogP contribution in [-0.2, 0) is 10.3 Å². The zero-order chi connectivity index (χ0) is 19.9. The number of nitrogens with zero attached hydrogens (tertiary/aromatic N) is 1. The van der Waals surface area contributed by atoms with Crippen LogP contribution in [0.15, 0.2) is 23.2 Å². The molecule has 0 saturated carbocycles. The number of carboxylic acid groups (broad SMARTS) is 1. The van der Waals surface area contributed by atoms with Crippen LogP contribution in [0.1, 0.15) is 36.7 Å². The first-order valence-electron chi connectivity index (χ1n) is 7.58. The molecule has 8 nitrogen and oxygen atoms in total. The molecule has 0 radical (unpaired) electrons. The van der Waals surface area contributed by atoms with Gasteiger partial charge in [-0.3, -0.25) is 19.4 Å². The van der Waals surface area contributed by atoms with Crippen LogP contribution < -0.4 is 5.32 Å². The van der Waals surface area contributed by atoms with Gasteiger partial charge in [-0.1, -0.05) is 0 Å². The van der Waals surface area contributed by atoms with Crippen molar-refractivity contribution >= 4 is 28.5 Å². The fraction of sp³-hybridized carbons (Fsp3) is 0.438. The average Bonchev–Trinajstić information content (AvgIpc) is 2.52. The number of rotatable bonds is 2. The van der Waals surface area contributed by atoms with Gasteiger partial charge in [-0.15, -0.1) is 0 Å². The number of hydrogen-bond acceptors (Lipinski definition) is 6. The Morgan fingerprint density at radius 1 is 1.31 bits per heavy atom. The standard InChI is InChI=1S/C16H21FN2O6S/c1-15(2)13(18-14(22)25-4)19-16(3,8-26(15,23)24)10-7-9(12(20)21)5-6-11(10)17/h5-7,23-24H,8H2,1-4H3,(H,20,21)(H,18,19,22). The summed E-state index contributed by atoms with van der Waals surface area (Å²) in [6.45, 7) is 4.42. The van der Waals surface area contributed by atoms with Gasteiger partial charge < -0.3 is 9.84 Å². The van der Waals surface area contributed by atoms with E-state index in [-0.39, 0.29) is 22.7 Å². The summed E-state index contributed by atoms with van der Waals surface area (Å²) in [4.78, 5) is 27.2. The predicted molar refractivity (Wildman–Crippen MR) is 95.5 cm³/mol. The number of carbonyl (C=O) groups is 2. The summed E-state index contributed by atoms with van der Waals surface area (Å²) in [7, 11) is -2.25. The molecule has 1 aliphatic rings. The molecular formula is C16H21FN2O6S. The summed E-state index contributed by atoms with van der Waals surface area (Å²) in [5.41, 5.74) is -1.78. The van der Waals surface area contributed by atoms with Crippen molar-refractivity contribution in [2.75, 3.05) is 12.9 Å². The van der Waals surface area contributed by atoms with Gasteiger partial charge in [0.05, 0.1) is 18.4 Å². The summed E-state index contributed by atoms with van der Waals surface area (Å²) in [6, 6.07) is 3.19. The number of benzene rings is 1. The van der Waals surface area contributed by atoms with Crippen LogP contribution in [0, 0.1) is 5.82 Å². The molecule has 0 spiro atoms. The topological polar surface area (TPSA) is 128 Å². The molecule has 0 bridgehead atoms. The van der Waals surface area contributed by atoms with Gasteiger partial charge in [0.15, 0.2) is 0 Å². The molecule has 2 rings (SSSR count). The van der Waals surface area contributed by atoms with E-state index in [1.165, 1.54) is 20.8 Å². The average molecular weight is 388 g/mol. The largest absolute Gasteiger partial charge is 0.478 e. The summed E-state index contributed by atoms with van der Waals surface area (Å²) in [6.07, 6.45) is -0.865. The maximum Gasteiger partial charge on any atom is 0.412 e. The number of aliphatic imine (C=N–C) groups is 1. The van der Waals surface area contributed by atoms with Crippen molar-refractivity contribution in [1.82, 2.24) is 5.32 Å².